The Morgan fingerprint density at radius 3 is 2.56 bits per heavy atom. The molecule has 3 amide bonds. The molecule has 1 fully saturated rings. The van der Waals surface area contributed by atoms with Crippen LogP contribution in [-0.4, -0.2) is 48.8 Å². The summed E-state index contributed by atoms with van der Waals surface area (Å²) in [6.45, 7) is -2.78. The van der Waals surface area contributed by atoms with E-state index in [9.17, 15) is 23.2 Å². The molecule has 168 valence electrons. The topological polar surface area (TPSA) is 84.9 Å². The molecule has 7 nitrogen and oxygen atoms in total. The first-order valence-electron chi connectivity index (χ1n) is 9.56. The predicted molar refractivity (Wildman–Crippen MR) is 115 cm³/mol. The van der Waals surface area contributed by atoms with E-state index in [2.05, 4.69) is 10.1 Å². The molecule has 0 aliphatic carbocycles. The minimum Gasteiger partial charge on any atom is -0.496 e. The number of alkyl halides is 2. The Balaban J connectivity index is 1.53. The van der Waals surface area contributed by atoms with Gasteiger partial charge in [-0.05, 0) is 41.6 Å². The van der Waals surface area contributed by atoms with Gasteiger partial charge in [0.25, 0.3) is 11.1 Å². The van der Waals surface area contributed by atoms with Crippen molar-refractivity contribution in [2.75, 3.05) is 20.2 Å². The summed E-state index contributed by atoms with van der Waals surface area (Å²) in [7, 11) is 1.52. The zero-order chi connectivity index (χ0) is 23.1. The van der Waals surface area contributed by atoms with Gasteiger partial charge in [-0.3, -0.25) is 19.3 Å². The number of hydrogen-bond donors (Lipinski definition) is 1. The lowest BCUT2D eigenvalue weighted by molar-refractivity contribution is -0.124. The van der Waals surface area contributed by atoms with E-state index >= 15 is 0 Å². The van der Waals surface area contributed by atoms with E-state index in [4.69, 9.17) is 4.74 Å². The highest BCUT2D eigenvalue weighted by atomic mass is 32.2. The molecule has 1 heterocycles. The third-order valence-electron chi connectivity index (χ3n) is 4.48. The number of imide groups is 1. The van der Waals surface area contributed by atoms with Gasteiger partial charge in [-0.25, -0.2) is 0 Å². The zero-order valence-corrected chi connectivity index (χ0v) is 17.9. The van der Waals surface area contributed by atoms with Crippen molar-refractivity contribution in [3.8, 4) is 11.5 Å². The molecule has 1 saturated heterocycles. The molecule has 0 bridgehead atoms. The molecule has 3 rings (SSSR count). The van der Waals surface area contributed by atoms with E-state index in [0.717, 1.165) is 22.2 Å². The van der Waals surface area contributed by atoms with Crippen LogP contribution >= 0.6 is 11.8 Å². The van der Waals surface area contributed by atoms with Crippen LogP contribution in [-0.2, 0) is 16.0 Å². The maximum Gasteiger partial charge on any atom is 0.387 e. The second-order valence-electron chi connectivity index (χ2n) is 6.62. The summed E-state index contributed by atoms with van der Waals surface area (Å²) in [6, 6.07) is 12.9. The van der Waals surface area contributed by atoms with Gasteiger partial charge in [-0.2, -0.15) is 8.78 Å². The number of rotatable bonds is 9. The summed E-state index contributed by atoms with van der Waals surface area (Å²) >= 11 is 0.776. The summed E-state index contributed by atoms with van der Waals surface area (Å²) < 4.78 is 33.9. The highest BCUT2D eigenvalue weighted by molar-refractivity contribution is 8.18. The summed E-state index contributed by atoms with van der Waals surface area (Å²) in [4.78, 5) is 38.2. The lowest BCUT2D eigenvalue weighted by Crippen LogP contribution is -2.37. The third kappa shape index (κ3) is 6.07. The number of nitrogens with one attached hydrogen (secondary N) is 1. The number of carbonyl (C=O) groups is 3. The molecule has 0 aromatic heterocycles. The Morgan fingerprint density at radius 2 is 1.88 bits per heavy atom. The minimum atomic E-state index is -2.92. The molecule has 1 aliphatic rings. The van der Waals surface area contributed by atoms with E-state index in [1.54, 1.807) is 24.3 Å². The molecule has 10 heteroatoms. The van der Waals surface area contributed by atoms with Gasteiger partial charge in [0.2, 0.25) is 5.91 Å². The van der Waals surface area contributed by atoms with E-state index in [0.29, 0.717) is 11.3 Å². The number of carbonyl (C=O) groups excluding carboxylic acids is 3. The van der Waals surface area contributed by atoms with E-state index in [-0.39, 0.29) is 36.1 Å². The van der Waals surface area contributed by atoms with Crippen molar-refractivity contribution in [1.82, 2.24) is 10.2 Å². The van der Waals surface area contributed by atoms with E-state index < -0.39 is 17.8 Å². The van der Waals surface area contributed by atoms with E-state index in [1.165, 1.54) is 37.5 Å². The van der Waals surface area contributed by atoms with Crippen LogP contribution in [0.4, 0.5) is 13.6 Å². The fourth-order valence-electron chi connectivity index (χ4n) is 2.98. The summed E-state index contributed by atoms with van der Waals surface area (Å²) in [5, 5.41) is 2.25. The molecule has 2 aromatic carbocycles. The van der Waals surface area contributed by atoms with Crippen molar-refractivity contribution in [2.24, 2.45) is 0 Å². The quantitative estimate of drug-likeness (QED) is 0.572. The van der Waals surface area contributed by atoms with Gasteiger partial charge in [-0.15, -0.1) is 0 Å². The SMILES string of the molecule is COc1ccccc1CC(=O)NCCN1C(=O)S/C(=C\c2ccc(OC(F)F)cc2)C1=O. The molecule has 2 aromatic rings. The first-order chi connectivity index (χ1) is 15.4. The molecule has 0 atom stereocenters. The predicted octanol–water partition coefficient (Wildman–Crippen LogP) is 3.69. The normalized spacial score (nSPS) is 14.9. The Morgan fingerprint density at radius 1 is 1.16 bits per heavy atom. The number of benzene rings is 2. The molecule has 0 spiro atoms. The number of hydrogen-bond acceptors (Lipinski definition) is 6. The van der Waals surface area contributed by atoms with Crippen LogP contribution < -0.4 is 14.8 Å². The smallest absolute Gasteiger partial charge is 0.387 e. The second-order valence-corrected chi connectivity index (χ2v) is 7.61. The maximum absolute atomic E-state index is 12.5. The number of halogens is 2. The number of para-hydroxylation sites is 1. The third-order valence-corrected chi connectivity index (χ3v) is 5.39. The van der Waals surface area contributed by atoms with Gasteiger partial charge in [0.15, 0.2) is 0 Å². The number of ether oxygens (including phenoxy) is 2. The van der Waals surface area contributed by atoms with Crippen LogP contribution in [0, 0.1) is 0 Å². The van der Waals surface area contributed by atoms with E-state index in [1.807, 2.05) is 0 Å². The molecule has 1 aliphatic heterocycles. The zero-order valence-electron chi connectivity index (χ0n) is 17.0. The van der Waals surface area contributed by atoms with Gasteiger partial charge in [-0.1, -0.05) is 30.3 Å². The summed E-state index contributed by atoms with van der Waals surface area (Å²) in [5.74, 6) is -0.142. The molecule has 0 saturated carbocycles. The van der Waals surface area contributed by atoms with Crippen LogP contribution in [0.2, 0.25) is 0 Å². The Labute approximate surface area is 187 Å². The van der Waals surface area contributed by atoms with Crippen molar-refractivity contribution in [3.63, 3.8) is 0 Å². The maximum atomic E-state index is 12.5. The number of nitrogens with zero attached hydrogens (tertiary/aromatic N) is 1. The number of amides is 3. The van der Waals surface area contributed by atoms with Crippen molar-refractivity contribution in [3.05, 3.63) is 64.6 Å². The van der Waals surface area contributed by atoms with Crippen molar-refractivity contribution in [2.45, 2.75) is 13.0 Å². The number of methoxy groups -OCH3 is 1. The monoisotopic (exact) mass is 462 g/mol. The summed E-state index contributed by atoms with van der Waals surface area (Å²) in [5.41, 5.74) is 1.29. The van der Waals surface area contributed by atoms with Crippen molar-refractivity contribution >= 4 is 34.9 Å². The Hall–Kier alpha value is -3.40. The van der Waals surface area contributed by atoms with Crippen LogP contribution in [0.15, 0.2) is 53.4 Å². The van der Waals surface area contributed by atoms with Crippen molar-refractivity contribution < 1.29 is 32.6 Å². The lowest BCUT2D eigenvalue weighted by Gasteiger charge is -2.13. The molecular formula is C22H20F2N2O5S. The second kappa shape index (κ2) is 10.8. The van der Waals surface area contributed by atoms with Gasteiger partial charge in [0.05, 0.1) is 18.4 Å². The van der Waals surface area contributed by atoms with Gasteiger partial charge in [0.1, 0.15) is 11.5 Å². The van der Waals surface area contributed by atoms with Gasteiger partial charge in [0, 0.05) is 18.7 Å². The highest BCUT2D eigenvalue weighted by Crippen LogP contribution is 2.32. The molecule has 0 unspecified atom stereocenters. The highest BCUT2D eigenvalue weighted by Gasteiger charge is 2.34. The largest absolute Gasteiger partial charge is 0.496 e. The standard InChI is InChI=1S/C22H20F2N2O5S/c1-30-17-5-3-2-4-15(17)13-19(27)25-10-11-26-20(28)18(32-22(26)29)12-14-6-8-16(9-7-14)31-21(23)24/h2-9,12,21H,10-11,13H2,1H3,(H,25,27)/b18-12-. The van der Waals surface area contributed by atoms with Gasteiger partial charge < -0.3 is 14.8 Å². The van der Waals surface area contributed by atoms with Crippen LogP contribution in [0.1, 0.15) is 11.1 Å². The minimum absolute atomic E-state index is 0.00545. The molecular weight excluding hydrogens is 442 g/mol. The molecule has 0 radical (unpaired) electrons. The Kier molecular flexibility index (Phi) is 7.82. The number of thioether (sulfide) groups is 1. The lowest BCUT2D eigenvalue weighted by atomic mass is 10.1. The first-order valence-corrected chi connectivity index (χ1v) is 10.4. The Bertz CT molecular complexity index is 1030. The molecule has 1 N–H and O–H groups in total. The average molecular weight is 462 g/mol. The molecule has 32 heavy (non-hydrogen) atoms. The van der Waals surface area contributed by atoms with Crippen LogP contribution in [0.5, 0.6) is 11.5 Å². The fraction of sp³-hybridized carbons (Fsp3) is 0.227. The van der Waals surface area contributed by atoms with Crippen molar-refractivity contribution in [1.29, 1.82) is 0 Å². The van der Waals surface area contributed by atoms with Gasteiger partial charge >= 0.3 is 6.61 Å². The summed E-state index contributed by atoms with van der Waals surface area (Å²) in [6.07, 6.45) is 1.61. The van der Waals surface area contributed by atoms with Crippen LogP contribution in [0.3, 0.4) is 0 Å². The fourth-order valence-corrected chi connectivity index (χ4v) is 3.85. The average Bonchev–Trinajstić information content (AvgIpc) is 3.02. The first kappa shape index (κ1) is 23.3. The van der Waals surface area contributed by atoms with Crippen LogP contribution in [0.25, 0.3) is 6.08 Å².